The fraction of sp³-hybridized carbons (Fsp3) is 0.941. The molecule has 1 amide bonds. The SMILES string of the molecule is COC1CC(NC2CCN(C(=O)OC(C)(C)C)CC2)C1(C)C. The molecule has 1 saturated carbocycles. The lowest BCUT2D eigenvalue weighted by atomic mass is 9.64. The Morgan fingerprint density at radius 1 is 1.23 bits per heavy atom. The predicted octanol–water partition coefficient (Wildman–Crippen LogP) is 2.79. The molecular formula is C17H32N2O3. The van der Waals surface area contributed by atoms with Gasteiger partial charge in [0, 0.05) is 37.7 Å². The second-order valence-electron chi connectivity index (χ2n) is 8.24. The van der Waals surface area contributed by atoms with E-state index in [1.165, 1.54) is 0 Å². The van der Waals surface area contributed by atoms with Gasteiger partial charge >= 0.3 is 6.09 Å². The van der Waals surface area contributed by atoms with Gasteiger partial charge in [0.1, 0.15) is 5.60 Å². The van der Waals surface area contributed by atoms with Crippen molar-refractivity contribution in [2.45, 2.75) is 77.7 Å². The number of carbonyl (C=O) groups is 1. The molecule has 2 rings (SSSR count). The molecule has 0 bridgehead atoms. The summed E-state index contributed by atoms with van der Waals surface area (Å²) in [5.41, 5.74) is -0.228. The largest absolute Gasteiger partial charge is 0.444 e. The van der Waals surface area contributed by atoms with Gasteiger partial charge in [0.05, 0.1) is 6.10 Å². The third-order valence-corrected chi connectivity index (χ3v) is 5.05. The van der Waals surface area contributed by atoms with Gasteiger partial charge in [-0.25, -0.2) is 4.79 Å². The summed E-state index contributed by atoms with van der Waals surface area (Å²) >= 11 is 0. The van der Waals surface area contributed by atoms with Gasteiger partial charge in [0.2, 0.25) is 0 Å². The smallest absolute Gasteiger partial charge is 0.410 e. The van der Waals surface area contributed by atoms with Crippen molar-refractivity contribution in [1.29, 1.82) is 0 Å². The lowest BCUT2D eigenvalue weighted by Crippen LogP contribution is -2.63. The first kappa shape index (κ1) is 17.5. The van der Waals surface area contributed by atoms with E-state index in [1.54, 1.807) is 7.11 Å². The molecule has 5 heteroatoms. The summed E-state index contributed by atoms with van der Waals surface area (Å²) in [6.45, 7) is 11.8. The normalized spacial score (nSPS) is 29.1. The first-order chi connectivity index (χ1) is 10.1. The summed E-state index contributed by atoms with van der Waals surface area (Å²) in [6, 6.07) is 0.997. The molecule has 5 nitrogen and oxygen atoms in total. The molecule has 22 heavy (non-hydrogen) atoms. The zero-order valence-electron chi connectivity index (χ0n) is 14.9. The average Bonchev–Trinajstić information content (AvgIpc) is 2.41. The van der Waals surface area contributed by atoms with Crippen LogP contribution in [0.15, 0.2) is 0 Å². The quantitative estimate of drug-likeness (QED) is 0.870. The van der Waals surface area contributed by atoms with Crippen molar-refractivity contribution in [3.63, 3.8) is 0 Å². The van der Waals surface area contributed by atoms with E-state index in [4.69, 9.17) is 9.47 Å². The minimum absolute atomic E-state index is 0.186. The van der Waals surface area contributed by atoms with Crippen LogP contribution in [0.1, 0.15) is 53.9 Å². The highest BCUT2D eigenvalue weighted by Gasteiger charge is 2.49. The highest BCUT2D eigenvalue weighted by Crippen LogP contribution is 2.42. The lowest BCUT2D eigenvalue weighted by molar-refractivity contribution is -0.102. The molecule has 2 unspecified atom stereocenters. The second kappa shape index (κ2) is 6.36. The van der Waals surface area contributed by atoms with E-state index in [2.05, 4.69) is 19.2 Å². The molecule has 1 aliphatic heterocycles. The number of nitrogens with zero attached hydrogens (tertiary/aromatic N) is 1. The Balaban J connectivity index is 1.75. The Labute approximate surface area is 134 Å². The van der Waals surface area contributed by atoms with Crippen LogP contribution in [0.2, 0.25) is 0 Å². The van der Waals surface area contributed by atoms with Gasteiger partial charge in [-0.3, -0.25) is 0 Å². The molecule has 128 valence electrons. The van der Waals surface area contributed by atoms with Crippen LogP contribution in [0.4, 0.5) is 4.79 Å². The molecular weight excluding hydrogens is 280 g/mol. The monoisotopic (exact) mass is 312 g/mol. The van der Waals surface area contributed by atoms with E-state index >= 15 is 0 Å². The van der Waals surface area contributed by atoms with Crippen LogP contribution >= 0.6 is 0 Å². The Morgan fingerprint density at radius 2 is 1.82 bits per heavy atom. The van der Waals surface area contributed by atoms with Crippen LogP contribution in [-0.4, -0.2) is 55.0 Å². The maximum Gasteiger partial charge on any atom is 0.410 e. The maximum atomic E-state index is 12.1. The van der Waals surface area contributed by atoms with E-state index in [0.717, 1.165) is 32.4 Å². The molecule has 0 aromatic heterocycles. The number of nitrogens with one attached hydrogen (secondary N) is 1. The van der Waals surface area contributed by atoms with Gasteiger partial charge in [0.25, 0.3) is 0 Å². The zero-order chi connectivity index (χ0) is 16.5. The average molecular weight is 312 g/mol. The number of amides is 1. The van der Waals surface area contributed by atoms with Crippen LogP contribution in [0.5, 0.6) is 0 Å². The Bertz CT molecular complexity index is 395. The maximum absolute atomic E-state index is 12.1. The Hall–Kier alpha value is -0.810. The first-order valence-electron chi connectivity index (χ1n) is 8.40. The number of likely N-dealkylation sites (tertiary alicyclic amines) is 1. The van der Waals surface area contributed by atoms with Crippen molar-refractivity contribution in [1.82, 2.24) is 10.2 Å². The minimum Gasteiger partial charge on any atom is -0.444 e. The molecule has 0 aromatic rings. The third kappa shape index (κ3) is 3.93. The number of ether oxygens (including phenoxy) is 2. The Kier molecular flexibility index (Phi) is 5.07. The first-order valence-corrected chi connectivity index (χ1v) is 8.40. The molecule has 2 aliphatic rings. The number of methoxy groups -OCH3 is 1. The van der Waals surface area contributed by atoms with Crippen LogP contribution in [0.3, 0.4) is 0 Å². The van der Waals surface area contributed by atoms with Crippen molar-refractivity contribution in [2.75, 3.05) is 20.2 Å². The summed E-state index contributed by atoms with van der Waals surface area (Å²) in [7, 11) is 1.79. The van der Waals surface area contributed by atoms with Crippen molar-refractivity contribution in [3.8, 4) is 0 Å². The highest BCUT2D eigenvalue weighted by molar-refractivity contribution is 5.68. The molecule has 0 radical (unpaired) electrons. The number of rotatable bonds is 3. The molecule has 2 fully saturated rings. The predicted molar refractivity (Wildman–Crippen MR) is 86.9 cm³/mol. The highest BCUT2D eigenvalue weighted by atomic mass is 16.6. The molecule has 2 atom stereocenters. The van der Waals surface area contributed by atoms with Gasteiger partial charge in [-0.1, -0.05) is 13.8 Å². The van der Waals surface area contributed by atoms with E-state index < -0.39 is 5.60 Å². The molecule has 0 aromatic carbocycles. The minimum atomic E-state index is -0.419. The third-order valence-electron chi connectivity index (χ3n) is 5.05. The fourth-order valence-electron chi connectivity index (χ4n) is 3.41. The molecule has 1 aliphatic carbocycles. The van der Waals surface area contributed by atoms with E-state index in [-0.39, 0.29) is 11.5 Å². The van der Waals surface area contributed by atoms with Crippen LogP contribution in [0.25, 0.3) is 0 Å². The summed E-state index contributed by atoms with van der Waals surface area (Å²) < 4.78 is 10.9. The number of hydrogen-bond acceptors (Lipinski definition) is 4. The van der Waals surface area contributed by atoms with E-state index in [1.807, 2.05) is 25.7 Å². The molecule has 1 N–H and O–H groups in total. The van der Waals surface area contributed by atoms with Gasteiger partial charge in [-0.05, 0) is 40.0 Å². The number of carbonyl (C=O) groups excluding carboxylic acids is 1. The van der Waals surface area contributed by atoms with Crippen molar-refractivity contribution in [2.24, 2.45) is 5.41 Å². The summed E-state index contributed by atoms with van der Waals surface area (Å²) in [5.74, 6) is 0. The topological polar surface area (TPSA) is 50.8 Å². The lowest BCUT2D eigenvalue weighted by Gasteiger charge is -2.53. The molecule has 0 spiro atoms. The van der Waals surface area contributed by atoms with Crippen LogP contribution < -0.4 is 5.32 Å². The van der Waals surface area contributed by atoms with Crippen LogP contribution in [-0.2, 0) is 9.47 Å². The number of hydrogen-bond donors (Lipinski definition) is 1. The van der Waals surface area contributed by atoms with Crippen LogP contribution in [0, 0.1) is 5.41 Å². The van der Waals surface area contributed by atoms with Gasteiger partial charge in [-0.15, -0.1) is 0 Å². The fourth-order valence-corrected chi connectivity index (χ4v) is 3.41. The molecule has 1 saturated heterocycles. The van der Waals surface area contributed by atoms with E-state index in [9.17, 15) is 4.79 Å². The second-order valence-corrected chi connectivity index (χ2v) is 8.24. The molecule has 1 heterocycles. The van der Waals surface area contributed by atoms with Gasteiger partial charge in [0.15, 0.2) is 0 Å². The van der Waals surface area contributed by atoms with E-state index in [0.29, 0.717) is 18.2 Å². The standard InChI is InChI=1S/C17H32N2O3/c1-16(2,3)22-15(20)19-9-7-12(8-10-19)18-13-11-14(21-6)17(13,4)5/h12-14,18H,7-11H2,1-6H3. The zero-order valence-corrected chi connectivity index (χ0v) is 14.9. The number of piperidine rings is 1. The summed E-state index contributed by atoms with van der Waals surface area (Å²) in [5, 5.41) is 3.76. The Morgan fingerprint density at radius 3 is 2.27 bits per heavy atom. The van der Waals surface area contributed by atoms with Crippen molar-refractivity contribution >= 4 is 6.09 Å². The van der Waals surface area contributed by atoms with Crippen molar-refractivity contribution < 1.29 is 14.3 Å². The summed E-state index contributed by atoms with van der Waals surface area (Å²) in [4.78, 5) is 13.9. The van der Waals surface area contributed by atoms with Crippen molar-refractivity contribution in [3.05, 3.63) is 0 Å². The van der Waals surface area contributed by atoms with Gasteiger partial charge < -0.3 is 19.7 Å². The summed E-state index contributed by atoms with van der Waals surface area (Å²) in [6.07, 6.45) is 3.23. The van der Waals surface area contributed by atoms with Gasteiger partial charge in [-0.2, -0.15) is 0 Å².